The average molecular weight is 462 g/mol. The highest BCUT2D eigenvalue weighted by molar-refractivity contribution is 14.1. The van der Waals surface area contributed by atoms with Crippen molar-refractivity contribution in [3.63, 3.8) is 0 Å². The maximum Gasteiger partial charge on any atom is 0.252 e. The van der Waals surface area contributed by atoms with E-state index in [4.69, 9.17) is 0 Å². The summed E-state index contributed by atoms with van der Waals surface area (Å²) in [5.41, 5.74) is 0.682. The van der Waals surface area contributed by atoms with Crippen molar-refractivity contribution in [3.05, 3.63) is 62.1 Å². The standard InChI is InChI=1S/C15H13BrINOS/c16-14-7-6-11(17)10-13(14)15(19)18-8-9-20-12-4-2-1-3-5-12/h1-7,10H,8-9H2,(H,18,19). The van der Waals surface area contributed by atoms with E-state index in [0.717, 1.165) is 13.8 Å². The van der Waals surface area contributed by atoms with Crippen LogP contribution >= 0.6 is 50.3 Å². The van der Waals surface area contributed by atoms with Gasteiger partial charge < -0.3 is 5.32 Å². The Morgan fingerprint density at radius 3 is 2.70 bits per heavy atom. The minimum absolute atomic E-state index is 0.0379. The predicted octanol–water partition coefficient (Wildman–Crippen LogP) is 4.58. The van der Waals surface area contributed by atoms with Crippen LogP contribution in [0.25, 0.3) is 0 Å². The molecule has 0 fully saturated rings. The Morgan fingerprint density at radius 1 is 1.20 bits per heavy atom. The molecule has 0 spiro atoms. The second-order valence-electron chi connectivity index (χ2n) is 4.04. The molecule has 0 unspecified atom stereocenters. The third-order valence-corrected chi connectivity index (χ3v) is 4.95. The van der Waals surface area contributed by atoms with Crippen molar-refractivity contribution >= 4 is 56.2 Å². The third kappa shape index (κ3) is 4.79. The lowest BCUT2D eigenvalue weighted by atomic mass is 10.2. The van der Waals surface area contributed by atoms with E-state index < -0.39 is 0 Å². The number of thioether (sulfide) groups is 1. The lowest BCUT2D eigenvalue weighted by Crippen LogP contribution is -2.26. The van der Waals surface area contributed by atoms with Gasteiger partial charge in [0, 0.05) is 25.2 Å². The SMILES string of the molecule is O=C(NCCSc1ccccc1)c1cc(I)ccc1Br. The number of hydrogen-bond donors (Lipinski definition) is 1. The maximum absolute atomic E-state index is 12.1. The highest BCUT2D eigenvalue weighted by Crippen LogP contribution is 2.20. The predicted molar refractivity (Wildman–Crippen MR) is 96.4 cm³/mol. The third-order valence-electron chi connectivity index (χ3n) is 2.57. The molecule has 5 heteroatoms. The van der Waals surface area contributed by atoms with Crippen molar-refractivity contribution in [2.75, 3.05) is 12.3 Å². The first-order valence-electron chi connectivity index (χ1n) is 6.08. The minimum atomic E-state index is -0.0379. The van der Waals surface area contributed by atoms with Crippen LogP contribution in [-0.4, -0.2) is 18.2 Å². The Bertz CT molecular complexity index is 592. The van der Waals surface area contributed by atoms with Crippen molar-refractivity contribution in [2.45, 2.75) is 4.90 Å². The van der Waals surface area contributed by atoms with Crippen LogP contribution in [0.2, 0.25) is 0 Å². The van der Waals surface area contributed by atoms with Crippen molar-refractivity contribution in [2.24, 2.45) is 0 Å². The fourth-order valence-corrected chi connectivity index (χ4v) is 3.32. The monoisotopic (exact) mass is 461 g/mol. The van der Waals surface area contributed by atoms with E-state index >= 15 is 0 Å². The zero-order chi connectivity index (χ0) is 14.4. The van der Waals surface area contributed by atoms with Gasteiger partial charge >= 0.3 is 0 Å². The van der Waals surface area contributed by atoms with Gasteiger partial charge in [-0.1, -0.05) is 18.2 Å². The number of amides is 1. The highest BCUT2D eigenvalue weighted by atomic mass is 127. The molecule has 0 aliphatic heterocycles. The number of carbonyl (C=O) groups is 1. The van der Waals surface area contributed by atoms with E-state index in [2.05, 4.69) is 56.0 Å². The summed E-state index contributed by atoms with van der Waals surface area (Å²) in [5, 5.41) is 2.94. The fourth-order valence-electron chi connectivity index (χ4n) is 1.62. The molecule has 0 aliphatic carbocycles. The van der Waals surface area contributed by atoms with Gasteiger partial charge in [-0.05, 0) is 68.9 Å². The Labute approximate surface area is 145 Å². The summed E-state index contributed by atoms with van der Waals surface area (Å²) in [5.74, 6) is 0.821. The lowest BCUT2D eigenvalue weighted by Gasteiger charge is -2.07. The second kappa shape index (κ2) is 8.05. The molecule has 0 aliphatic rings. The normalized spacial score (nSPS) is 10.3. The molecule has 1 N–H and O–H groups in total. The van der Waals surface area contributed by atoms with Crippen LogP contribution in [0.15, 0.2) is 57.9 Å². The molecular formula is C15H13BrINOS. The van der Waals surface area contributed by atoms with Gasteiger partial charge in [0.15, 0.2) is 0 Å². The highest BCUT2D eigenvalue weighted by Gasteiger charge is 2.09. The molecular weight excluding hydrogens is 449 g/mol. The molecule has 104 valence electrons. The molecule has 20 heavy (non-hydrogen) atoms. The minimum Gasteiger partial charge on any atom is -0.351 e. The van der Waals surface area contributed by atoms with E-state index in [1.165, 1.54) is 4.90 Å². The molecule has 0 saturated heterocycles. The second-order valence-corrected chi connectivity index (χ2v) is 7.31. The lowest BCUT2D eigenvalue weighted by molar-refractivity contribution is 0.0955. The van der Waals surface area contributed by atoms with Crippen LogP contribution in [0.3, 0.4) is 0 Å². The Morgan fingerprint density at radius 2 is 1.95 bits per heavy atom. The van der Waals surface area contributed by atoms with E-state index in [0.29, 0.717) is 12.1 Å². The molecule has 2 aromatic rings. The van der Waals surface area contributed by atoms with Gasteiger partial charge in [0.1, 0.15) is 0 Å². The van der Waals surface area contributed by atoms with Crippen molar-refractivity contribution < 1.29 is 4.79 Å². The summed E-state index contributed by atoms with van der Waals surface area (Å²) >= 11 is 7.35. The molecule has 0 radical (unpaired) electrons. The first kappa shape index (κ1) is 15.9. The largest absolute Gasteiger partial charge is 0.351 e. The Hall–Kier alpha value is -0.530. The van der Waals surface area contributed by atoms with Gasteiger partial charge in [-0.15, -0.1) is 11.8 Å². The van der Waals surface area contributed by atoms with Gasteiger partial charge in [-0.25, -0.2) is 0 Å². The number of benzene rings is 2. The number of hydrogen-bond acceptors (Lipinski definition) is 2. The molecule has 2 rings (SSSR count). The van der Waals surface area contributed by atoms with Gasteiger partial charge in [-0.3, -0.25) is 4.79 Å². The smallest absolute Gasteiger partial charge is 0.252 e. The zero-order valence-electron chi connectivity index (χ0n) is 10.6. The quantitative estimate of drug-likeness (QED) is 0.401. The van der Waals surface area contributed by atoms with Crippen molar-refractivity contribution in [3.8, 4) is 0 Å². The molecule has 0 aromatic heterocycles. The topological polar surface area (TPSA) is 29.1 Å². The van der Waals surface area contributed by atoms with Crippen LogP contribution < -0.4 is 5.32 Å². The molecule has 0 bridgehead atoms. The summed E-state index contributed by atoms with van der Waals surface area (Å²) in [6.45, 7) is 0.649. The number of carbonyl (C=O) groups excluding carboxylic acids is 1. The molecule has 2 aromatic carbocycles. The van der Waals surface area contributed by atoms with E-state index in [9.17, 15) is 4.79 Å². The zero-order valence-corrected chi connectivity index (χ0v) is 15.2. The van der Waals surface area contributed by atoms with Crippen LogP contribution in [-0.2, 0) is 0 Å². The molecule has 0 saturated carbocycles. The van der Waals surface area contributed by atoms with Crippen LogP contribution in [0.4, 0.5) is 0 Å². The Balaban J connectivity index is 1.82. The average Bonchev–Trinajstić information content (AvgIpc) is 2.47. The summed E-state index contributed by atoms with van der Waals surface area (Å²) in [7, 11) is 0. The Kier molecular flexibility index (Phi) is 6.38. The van der Waals surface area contributed by atoms with Crippen LogP contribution in [0.5, 0.6) is 0 Å². The van der Waals surface area contributed by atoms with Gasteiger partial charge in [0.25, 0.3) is 5.91 Å². The van der Waals surface area contributed by atoms with Crippen LogP contribution in [0, 0.1) is 3.57 Å². The van der Waals surface area contributed by atoms with Gasteiger partial charge in [0.2, 0.25) is 0 Å². The van der Waals surface area contributed by atoms with E-state index in [-0.39, 0.29) is 5.91 Å². The first-order valence-corrected chi connectivity index (χ1v) is 8.93. The molecule has 0 heterocycles. The van der Waals surface area contributed by atoms with Crippen molar-refractivity contribution in [1.82, 2.24) is 5.32 Å². The number of halogens is 2. The van der Waals surface area contributed by atoms with Crippen LogP contribution in [0.1, 0.15) is 10.4 Å². The van der Waals surface area contributed by atoms with E-state index in [1.54, 1.807) is 11.8 Å². The van der Waals surface area contributed by atoms with Crippen molar-refractivity contribution in [1.29, 1.82) is 0 Å². The molecule has 0 atom stereocenters. The maximum atomic E-state index is 12.1. The van der Waals surface area contributed by atoms with E-state index in [1.807, 2.05) is 36.4 Å². The van der Waals surface area contributed by atoms with Gasteiger partial charge in [0.05, 0.1) is 5.56 Å². The summed E-state index contributed by atoms with van der Waals surface area (Å²) < 4.78 is 1.88. The summed E-state index contributed by atoms with van der Waals surface area (Å²) in [4.78, 5) is 13.3. The fraction of sp³-hybridized carbons (Fsp3) is 0.133. The number of rotatable bonds is 5. The molecule has 1 amide bonds. The molecule has 2 nitrogen and oxygen atoms in total. The summed E-state index contributed by atoms with van der Waals surface area (Å²) in [6, 6.07) is 15.9. The first-order chi connectivity index (χ1) is 9.66. The number of nitrogens with one attached hydrogen (secondary N) is 1. The summed E-state index contributed by atoms with van der Waals surface area (Å²) in [6.07, 6.45) is 0. The van der Waals surface area contributed by atoms with Gasteiger partial charge in [-0.2, -0.15) is 0 Å².